The number of carbonyl (C=O) groups excluding carboxylic acids is 1. The molecule has 0 radical (unpaired) electrons. The van der Waals surface area contributed by atoms with Crippen molar-refractivity contribution in [3.05, 3.63) is 0 Å². The highest BCUT2D eigenvalue weighted by molar-refractivity contribution is 5.90. The Bertz CT molecular complexity index is 292. The second kappa shape index (κ2) is 16.1. The molecular weight excluding hydrogens is 280 g/mol. The maximum atomic E-state index is 11.1. The molecular formula is C16H34N4O2. The van der Waals surface area contributed by atoms with Crippen LogP contribution in [-0.4, -0.2) is 31.7 Å². The third-order valence-electron chi connectivity index (χ3n) is 3.36. The van der Waals surface area contributed by atoms with E-state index in [0.29, 0.717) is 13.2 Å². The Hall–Kier alpha value is -1.30. The van der Waals surface area contributed by atoms with Gasteiger partial charge in [0.05, 0.1) is 0 Å². The lowest BCUT2D eigenvalue weighted by molar-refractivity contribution is 0.127. The maximum absolute atomic E-state index is 11.1. The average molecular weight is 314 g/mol. The number of nitrogens with one attached hydrogen (secondary N) is 1. The maximum Gasteiger partial charge on any atom is 0.344 e. The molecule has 0 bridgehead atoms. The Morgan fingerprint density at radius 1 is 0.909 bits per heavy atom. The topological polar surface area (TPSA) is 103 Å². The predicted molar refractivity (Wildman–Crippen MR) is 91.9 cm³/mol. The molecule has 0 aliphatic carbocycles. The van der Waals surface area contributed by atoms with Crippen molar-refractivity contribution < 1.29 is 9.53 Å². The quantitative estimate of drug-likeness (QED) is 0.260. The highest BCUT2D eigenvalue weighted by atomic mass is 16.5. The summed E-state index contributed by atoms with van der Waals surface area (Å²) >= 11 is 0. The van der Waals surface area contributed by atoms with Gasteiger partial charge in [0.25, 0.3) is 0 Å². The normalized spacial score (nSPS) is 10.4. The van der Waals surface area contributed by atoms with Crippen molar-refractivity contribution in [1.82, 2.24) is 5.32 Å². The van der Waals surface area contributed by atoms with Crippen LogP contribution in [0.15, 0.2) is 4.99 Å². The van der Waals surface area contributed by atoms with Crippen LogP contribution in [0.25, 0.3) is 0 Å². The molecule has 0 heterocycles. The molecule has 0 saturated carbocycles. The van der Waals surface area contributed by atoms with Gasteiger partial charge in [0, 0.05) is 19.8 Å². The lowest BCUT2D eigenvalue weighted by Gasteiger charge is -2.05. The Labute approximate surface area is 135 Å². The minimum atomic E-state index is -0.501. The Morgan fingerprint density at radius 3 is 2.05 bits per heavy atom. The zero-order chi connectivity index (χ0) is 16.5. The molecule has 2 amide bonds. The summed E-state index contributed by atoms with van der Waals surface area (Å²) < 4.78 is 5.52. The van der Waals surface area contributed by atoms with Gasteiger partial charge in [-0.3, -0.25) is 0 Å². The van der Waals surface area contributed by atoms with E-state index in [0.717, 1.165) is 19.4 Å². The molecule has 0 fully saturated rings. The standard InChI is InChI=1S/C16H34N4O2/c1-2-3-4-5-6-7-8-9-10-13-22-14-11-12-19-16(21)20-15(17)18/h2-14H2,1H3,(H5,17,18,19,20,21). The Kier molecular flexibility index (Phi) is 15.1. The Balaban J connectivity index is 3.11. The van der Waals surface area contributed by atoms with Crippen LogP contribution in [0.3, 0.4) is 0 Å². The first-order chi connectivity index (χ1) is 10.7. The minimum Gasteiger partial charge on any atom is -0.381 e. The summed E-state index contributed by atoms with van der Waals surface area (Å²) in [5.41, 5.74) is 10.2. The van der Waals surface area contributed by atoms with Crippen molar-refractivity contribution in [2.45, 2.75) is 71.1 Å². The first kappa shape index (κ1) is 20.7. The van der Waals surface area contributed by atoms with Gasteiger partial charge < -0.3 is 21.5 Å². The van der Waals surface area contributed by atoms with Gasteiger partial charge in [0.15, 0.2) is 5.96 Å². The van der Waals surface area contributed by atoms with Crippen molar-refractivity contribution >= 4 is 12.0 Å². The number of nitrogens with two attached hydrogens (primary N) is 2. The number of nitrogens with zero attached hydrogens (tertiary/aromatic N) is 1. The smallest absolute Gasteiger partial charge is 0.344 e. The van der Waals surface area contributed by atoms with Crippen LogP contribution in [0.1, 0.15) is 71.1 Å². The number of guanidine groups is 1. The second-order valence-electron chi connectivity index (χ2n) is 5.56. The molecule has 0 spiro atoms. The average Bonchev–Trinajstić information content (AvgIpc) is 2.47. The molecule has 6 heteroatoms. The molecule has 5 N–H and O–H groups in total. The van der Waals surface area contributed by atoms with E-state index in [1.165, 1.54) is 51.4 Å². The van der Waals surface area contributed by atoms with E-state index >= 15 is 0 Å². The van der Waals surface area contributed by atoms with Crippen LogP contribution >= 0.6 is 0 Å². The summed E-state index contributed by atoms with van der Waals surface area (Å²) in [5.74, 6) is -0.223. The molecule has 22 heavy (non-hydrogen) atoms. The van der Waals surface area contributed by atoms with E-state index in [1.807, 2.05) is 0 Å². The first-order valence-corrected chi connectivity index (χ1v) is 8.62. The monoisotopic (exact) mass is 314 g/mol. The van der Waals surface area contributed by atoms with Gasteiger partial charge in [-0.1, -0.05) is 58.3 Å². The molecule has 0 saturated heterocycles. The Morgan fingerprint density at radius 2 is 1.45 bits per heavy atom. The van der Waals surface area contributed by atoms with Crippen LogP contribution in [0.2, 0.25) is 0 Å². The second-order valence-corrected chi connectivity index (χ2v) is 5.56. The number of amides is 2. The molecule has 0 aromatic carbocycles. The largest absolute Gasteiger partial charge is 0.381 e. The fourth-order valence-electron chi connectivity index (χ4n) is 2.14. The summed E-state index contributed by atoms with van der Waals surface area (Å²) in [6.07, 6.45) is 12.6. The third-order valence-corrected chi connectivity index (χ3v) is 3.36. The molecule has 0 aromatic heterocycles. The van der Waals surface area contributed by atoms with Crippen LogP contribution in [0.4, 0.5) is 4.79 Å². The van der Waals surface area contributed by atoms with E-state index < -0.39 is 6.03 Å². The number of hydrogen-bond donors (Lipinski definition) is 3. The molecule has 130 valence electrons. The molecule has 0 aliphatic rings. The number of carbonyl (C=O) groups is 1. The van der Waals surface area contributed by atoms with Crippen LogP contribution in [-0.2, 0) is 4.74 Å². The number of rotatable bonds is 14. The minimum absolute atomic E-state index is 0.223. The van der Waals surface area contributed by atoms with Crippen molar-refractivity contribution in [2.75, 3.05) is 19.8 Å². The summed E-state index contributed by atoms with van der Waals surface area (Å²) in [5, 5.41) is 2.59. The summed E-state index contributed by atoms with van der Waals surface area (Å²) in [4.78, 5) is 14.4. The van der Waals surface area contributed by atoms with E-state index in [1.54, 1.807) is 0 Å². The summed E-state index contributed by atoms with van der Waals surface area (Å²) in [6.45, 7) is 4.22. The van der Waals surface area contributed by atoms with Gasteiger partial charge in [-0.15, -0.1) is 0 Å². The van der Waals surface area contributed by atoms with Gasteiger partial charge in [-0.25, -0.2) is 4.79 Å². The number of ether oxygens (including phenoxy) is 1. The van der Waals surface area contributed by atoms with Crippen LogP contribution < -0.4 is 16.8 Å². The van der Waals surface area contributed by atoms with Crippen LogP contribution in [0.5, 0.6) is 0 Å². The van der Waals surface area contributed by atoms with Gasteiger partial charge in [0.1, 0.15) is 0 Å². The predicted octanol–water partition coefficient (Wildman–Crippen LogP) is 2.91. The molecule has 0 rings (SSSR count). The molecule has 0 aromatic rings. The van der Waals surface area contributed by atoms with Gasteiger partial charge in [0.2, 0.25) is 0 Å². The lowest BCUT2D eigenvalue weighted by Crippen LogP contribution is -2.29. The number of hydrogen-bond acceptors (Lipinski definition) is 2. The van der Waals surface area contributed by atoms with E-state index in [2.05, 4.69) is 17.2 Å². The van der Waals surface area contributed by atoms with Gasteiger partial charge >= 0.3 is 6.03 Å². The number of unbranched alkanes of at least 4 members (excludes halogenated alkanes) is 8. The summed E-state index contributed by atoms with van der Waals surface area (Å²) in [6, 6.07) is -0.501. The highest BCUT2D eigenvalue weighted by Crippen LogP contribution is 2.09. The molecule has 0 unspecified atom stereocenters. The van der Waals surface area contributed by atoms with E-state index in [-0.39, 0.29) is 5.96 Å². The fraction of sp³-hybridized carbons (Fsp3) is 0.875. The molecule has 6 nitrogen and oxygen atoms in total. The molecule has 0 aliphatic heterocycles. The first-order valence-electron chi connectivity index (χ1n) is 8.62. The van der Waals surface area contributed by atoms with Crippen molar-refractivity contribution in [3.8, 4) is 0 Å². The van der Waals surface area contributed by atoms with Crippen LogP contribution in [0, 0.1) is 0 Å². The van der Waals surface area contributed by atoms with Gasteiger partial charge in [-0.05, 0) is 12.8 Å². The zero-order valence-corrected chi connectivity index (χ0v) is 14.1. The molecule has 0 atom stereocenters. The number of urea groups is 1. The third kappa shape index (κ3) is 16.8. The number of aliphatic imine (C=N–C) groups is 1. The zero-order valence-electron chi connectivity index (χ0n) is 14.1. The lowest BCUT2D eigenvalue weighted by atomic mass is 10.1. The summed E-state index contributed by atoms with van der Waals surface area (Å²) in [7, 11) is 0. The van der Waals surface area contributed by atoms with Crippen molar-refractivity contribution in [3.63, 3.8) is 0 Å². The van der Waals surface area contributed by atoms with Crippen molar-refractivity contribution in [1.29, 1.82) is 0 Å². The fourth-order valence-corrected chi connectivity index (χ4v) is 2.14. The van der Waals surface area contributed by atoms with E-state index in [9.17, 15) is 4.79 Å². The highest BCUT2D eigenvalue weighted by Gasteiger charge is 1.97. The SMILES string of the molecule is CCCCCCCCCCCOCCCNC(=O)N=C(N)N. The van der Waals surface area contributed by atoms with Gasteiger partial charge in [-0.2, -0.15) is 4.99 Å². The van der Waals surface area contributed by atoms with Crippen molar-refractivity contribution in [2.24, 2.45) is 16.5 Å². The van der Waals surface area contributed by atoms with E-state index in [4.69, 9.17) is 16.2 Å².